The molecule has 5 nitrogen and oxygen atoms in total. The molecule has 0 spiro atoms. The molecule has 0 amide bonds. The average Bonchev–Trinajstić information content (AvgIpc) is 3.08. The van der Waals surface area contributed by atoms with Gasteiger partial charge in [-0.05, 0) is 56.1 Å². The van der Waals surface area contributed by atoms with Crippen LogP contribution in [0.1, 0.15) is 24.8 Å². The van der Waals surface area contributed by atoms with E-state index < -0.39 is 0 Å². The number of nitrogens with one attached hydrogen (secondary N) is 1. The van der Waals surface area contributed by atoms with E-state index in [2.05, 4.69) is 51.4 Å². The van der Waals surface area contributed by atoms with Crippen LogP contribution >= 0.6 is 0 Å². The maximum Gasteiger partial charge on any atom is 0.193 e. The van der Waals surface area contributed by atoms with Crippen molar-refractivity contribution in [2.24, 2.45) is 4.99 Å². The van der Waals surface area contributed by atoms with Gasteiger partial charge in [0.25, 0.3) is 0 Å². The van der Waals surface area contributed by atoms with E-state index >= 15 is 0 Å². The number of benzene rings is 1. The summed E-state index contributed by atoms with van der Waals surface area (Å²) in [6.07, 6.45) is 5.92. The molecule has 25 heavy (non-hydrogen) atoms. The van der Waals surface area contributed by atoms with Gasteiger partial charge in [0.15, 0.2) is 5.96 Å². The first kappa shape index (κ1) is 17.8. The number of rotatable bonds is 4. The average molecular weight is 342 g/mol. The second-order valence-electron chi connectivity index (χ2n) is 6.86. The summed E-state index contributed by atoms with van der Waals surface area (Å²) >= 11 is 0. The molecule has 136 valence electrons. The lowest BCUT2D eigenvalue weighted by atomic mass is 9.99. The second-order valence-corrected chi connectivity index (χ2v) is 6.86. The first-order valence-corrected chi connectivity index (χ1v) is 9.20. The monoisotopic (exact) mass is 342 g/mol. The molecule has 0 bridgehead atoms. The molecule has 2 aliphatic heterocycles. The van der Waals surface area contributed by atoms with Gasteiger partial charge >= 0.3 is 0 Å². The van der Waals surface area contributed by atoms with E-state index in [1.54, 1.807) is 7.11 Å². The summed E-state index contributed by atoms with van der Waals surface area (Å²) in [6.45, 7) is 4.07. The summed E-state index contributed by atoms with van der Waals surface area (Å²) in [4.78, 5) is 9.26. The number of guanidine groups is 1. The van der Waals surface area contributed by atoms with E-state index in [0.717, 1.165) is 37.8 Å². The largest absolute Gasteiger partial charge is 0.497 e. The summed E-state index contributed by atoms with van der Waals surface area (Å²) in [7, 11) is 5.81. The van der Waals surface area contributed by atoms with Crippen LogP contribution in [0.25, 0.3) is 5.57 Å². The summed E-state index contributed by atoms with van der Waals surface area (Å²) in [5.41, 5.74) is 2.65. The van der Waals surface area contributed by atoms with Crippen LogP contribution in [0.3, 0.4) is 0 Å². The van der Waals surface area contributed by atoms with Gasteiger partial charge in [-0.1, -0.05) is 18.2 Å². The Balaban J connectivity index is 1.58. The Bertz CT molecular complexity index is 640. The van der Waals surface area contributed by atoms with E-state index in [0.29, 0.717) is 6.04 Å². The van der Waals surface area contributed by atoms with Crippen LogP contribution in [0.2, 0.25) is 0 Å². The number of likely N-dealkylation sites (N-methyl/N-ethyl adjacent to an activating group) is 1. The SMILES string of the molecule is CN=C(NCC1CCCN1C)N1CC=C(c2cccc(OC)c2)CC1. The van der Waals surface area contributed by atoms with Crippen LogP contribution in [0.5, 0.6) is 5.75 Å². The third-order valence-corrected chi connectivity index (χ3v) is 5.33. The maximum atomic E-state index is 5.34. The standard InChI is InChI=1S/C20H30N4O/c1-21-20(22-15-18-7-5-11-23(18)2)24-12-9-16(10-13-24)17-6-4-8-19(14-17)25-3/h4,6,8-9,14,18H,5,7,10-13,15H2,1-3H3,(H,21,22). The van der Waals surface area contributed by atoms with Gasteiger partial charge in [-0.2, -0.15) is 0 Å². The third kappa shape index (κ3) is 4.34. The fourth-order valence-electron chi connectivity index (χ4n) is 3.73. The molecular formula is C20H30N4O. The summed E-state index contributed by atoms with van der Waals surface area (Å²) < 4.78 is 5.34. The van der Waals surface area contributed by atoms with Gasteiger partial charge < -0.3 is 19.9 Å². The summed E-state index contributed by atoms with van der Waals surface area (Å²) in [6, 6.07) is 8.95. The number of methoxy groups -OCH3 is 1. The Labute approximate surface area is 151 Å². The molecule has 1 unspecified atom stereocenters. The lowest BCUT2D eigenvalue weighted by molar-refractivity contribution is 0.306. The Kier molecular flexibility index (Phi) is 5.97. The molecule has 0 saturated carbocycles. The minimum Gasteiger partial charge on any atom is -0.497 e. The third-order valence-electron chi connectivity index (χ3n) is 5.33. The number of hydrogen-bond donors (Lipinski definition) is 1. The van der Waals surface area contributed by atoms with Gasteiger partial charge in [0.2, 0.25) is 0 Å². The number of nitrogens with zero attached hydrogens (tertiary/aromatic N) is 3. The van der Waals surface area contributed by atoms with Crippen molar-refractivity contribution in [2.75, 3.05) is 47.4 Å². The smallest absolute Gasteiger partial charge is 0.193 e. The molecule has 3 rings (SSSR count). The van der Waals surface area contributed by atoms with Crippen molar-refractivity contribution in [1.82, 2.24) is 15.1 Å². The van der Waals surface area contributed by atoms with Gasteiger partial charge in [0, 0.05) is 32.7 Å². The fourth-order valence-corrected chi connectivity index (χ4v) is 3.73. The van der Waals surface area contributed by atoms with E-state index in [1.807, 2.05) is 13.1 Å². The highest BCUT2D eigenvalue weighted by atomic mass is 16.5. The van der Waals surface area contributed by atoms with E-state index in [4.69, 9.17) is 4.74 Å². The van der Waals surface area contributed by atoms with Crippen molar-refractivity contribution in [2.45, 2.75) is 25.3 Å². The molecule has 5 heteroatoms. The van der Waals surface area contributed by atoms with Gasteiger partial charge in [0.1, 0.15) is 5.75 Å². The highest BCUT2D eigenvalue weighted by Gasteiger charge is 2.22. The lowest BCUT2D eigenvalue weighted by Crippen LogP contribution is -2.47. The first-order chi connectivity index (χ1) is 12.2. The minimum absolute atomic E-state index is 0.629. The molecule has 1 atom stereocenters. The number of hydrogen-bond acceptors (Lipinski definition) is 3. The molecular weight excluding hydrogens is 312 g/mol. The number of aliphatic imine (C=N–C) groups is 1. The topological polar surface area (TPSA) is 40.1 Å². The second kappa shape index (κ2) is 8.39. The molecule has 1 N–H and O–H groups in total. The predicted molar refractivity (Wildman–Crippen MR) is 104 cm³/mol. The van der Waals surface area contributed by atoms with E-state index in [9.17, 15) is 0 Å². The lowest BCUT2D eigenvalue weighted by Gasteiger charge is -2.31. The molecule has 1 saturated heterocycles. The molecule has 1 aromatic rings. The summed E-state index contributed by atoms with van der Waals surface area (Å²) in [5, 5.41) is 3.57. The van der Waals surface area contributed by atoms with Crippen LogP contribution in [-0.4, -0.2) is 69.2 Å². The molecule has 0 radical (unpaired) electrons. The molecule has 0 aromatic heterocycles. The first-order valence-electron chi connectivity index (χ1n) is 9.20. The molecule has 1 fully saturated rings. The van der Waals surface area contributed by atoms with Crippen LogP contribution in [-0.2, 0) is 0 Å². The molecule has 0 aliphatic carbocycles. The van der Waals surface area contributed by atoms with Crippen molar-refractivity contribution in [3.8, 4) is 5.75 Å². The minimum atomic E-state index is 0.629. The van der Waals surface area contributed by atoms with Crippen molar-refractivity contribution in [1.29, 1.82) is 0 Å². The van der Waals surface area contributed by atoms with E-state index in [1.165, 1.54) is 30.5 Å². The zero-order valence-electron chi connectivity index (χ0n) is 15.7. The maximum absolute atomic E-state index is 5.34. The summed E-state index contributed by atoms with van der Waals surface area (Å²) in [5.74, 6) is 1.93. The predicted octanol–water partition coefficient (Wildman–Crippen LogP) is 2.45. The van der Waals surface area contributed by atoms with Gasteiger partial charge in [-0.15, -0.1) is 0 Å². The quantitative estimate of drug-likeness (QED) is 0.674. The molecule has 2 heterocycles. The van der Waals surface area contributed by atoms with Crippen molar-refractivity contribution in [3.63, 3.8) is 0 Å². The Morgan fingerprint density at radius 1 is 1.36 bits per heavy atom. The highest BCUT2D eigenvalue weighted by Crippen LogP contribution is 2.25. The fraction of sp³-hybridized carbons (Fsp3) is 0.550. The Morgan fingerprint density at radius 3 is 2.88 bits per heavy atom. The van der Waals surface area contributed by atoms with Crippen LogP contribution in [0.4, 0.5) is 0 Å². The number of ether oxygens (including phenoxy) is 1. The molecule has 1 aromatic carbocycles. The van der Waals surface area contributed by atoms with Crippen molar-refractivity contribution >= 4 is 11.5 Å². The van der Waals surface area contributed by atoms with Crippen molar-refractivity contribution < 1.29 is 4.74 Å². The molecule has 2 aliphatic rings. The van der Waals surface area contributed by atoms with Crippen LogP contribution in [0.15, 0.2) is 35.3 Å². The van der Waals surface area contributed by atoms with Crippen LogP contribution in [0, 0.1) is 0 Å². The van der Waals surface area contributed by atoms with Gasteiger partial charge in [-0.25, -0.2) is 0 Å². The van der Waals surface area contributed by atoms with Gasteiger partial charge in [0.05, 0.1) is 7.11 Å². The zero-order chi connectivity index (χ0) is 17.6. The number of likely N-dealkylation sites (tertiary alicyclic amines) is 1. The zero-order valence-corrected chi connectivity index (χ0v) is 15.7. The normalized spacial score (nSPS) is 22.0. The van der Waals surface area contributed by atoms with Gasteiger partial charge in [-0.3, -0.25) is 4.99 Å². The van der Waals surface area contributed by atoms with Crippen LogP contribution < -0.4 is 10.1 Å². The van der Waals surface area contributed by atoms with E-state index in [-0.39, 0.29) is 0 Å². The highest BCUT2D eigenvalue weighted by molar-refractivity contribution is 5.81. The van der Waals surface area contributed by atoms with Crippen molar-refractivity contribution in [3.05, 3.63) is 35.9 Å². The Morgan fingerprint density at radius 2 is 2.24 bits per heavy atom. The Hall–Kier alpha value is -2.01.